The molecule has 1 N–H and O–H groups in total. The Morgan fingerprint density at radius 3 is 2.27 bits per heavy atom. The van der Waals surface area contributed by atoms with Crippen molar-refractivity contribution in [2.45, 2.75) is 0 Å². The Hall–Kier alpha value is -4.61. The van der Waals surface area contributed by atoms with E-state index in [1.807, 2.05) is 66.0 Å². The average Bonchev–Trinajstić information content (AvgIpc) is 3.49. The Labute approximate surface area is 192 Å². The van der Waals surface area contributed by atoms with Crippen molar-refractivity contribution >= 4 is 22.7 Å². The molecule has 0 fully saturated rings. The molecule has 5 aromatic rings. The van der Waals surface area contributed by atoms with Crippen LogP contribution in [0.3, 0.4) is 0 Å². The Balaban J connectivity index is 1.62. The third kappa shape index (κ3) is 4.01. The lowest BCUT2D eigenvalue weighted by Crippen LogP contribution is -2.13. The number of rotatable bonds is 5. The highest BCUT2D eigenvalue weighted by Gasteiger charge is 2.19. The molecule has 0 spiro atoms. The summed E-state index contributed by atoms with van der Waals surface area (Å²) in [6.45, 7) is 0. The van der Waals surface area contributed by atoms with E-state index >= 15 is 0 Å². The predicted octanol–water partition coefficient (Wildman–Crippen LogP) is 6.24. The first-order valence-electron chi connectivity index (χ1n) is 10.1. The third-order valence-electron chi connectivity index (χ3n) is 4.96. The standard InChI is InChI=1S/C25H16N6OS/c26-15-19-13-7-8-14-20(19)28-29-23-22(18-11-5-2-6-12-18)30-31(24(23)32)25-27-21(16-33-25)17-9-3-1-4-10-17/h1-14,16,30H. The van der Waals surface area contributed by atoms with Crippen LogP contribution in [0.2, 0.25) is 0 Å². The molecule has 0 aliphatic carbocycles. The van der Waals surface area contributed by atoms with Crippen molar-refractivity contribution in [3.8, 4) is 33.7 Å². The van der Waals surface area contributed by atoms with Gasteiger partial charge in [-0.2, -0.15) is 9.94 Å². The lowest BCUT2D eigenvalue weighted by Gasteiger charge is -1.99. The van der Waals surface area contributed by atoms with Gasteiger partial charge >= 0.3 is 5.56 Å². The second kappa shape index (κ2) is 8.86. The van der Waals surface area contributed by atoms with Gasteiger partial charge in [0.1, 0.15) is 11.8 Å². The van der Waals surface area contributed by atoms with Gasteiger partial charge in [-0.25, -0.2) is 4.98 Å². The van der Waals surface area contributed by atoms with Gasteiger partial charge in [-0.05, 0) is 12.1 Å². The molecule has 0 aliphatic rings. The number of nitriles is 1. The second-order valence-electron chi connectivity index (χ2n) is 7.05. The van der Waals surface area contributed by atoms with E-state index < -0.39 is 0 Å². The van der Waals surface area contributed by atoms with E-state index in [9.17, 15) is 10.1 Å². The predicted molar refractivity (Wildman–Crippen MR) is 128 cm³/mol. The van der Waals surface area contributed by atoms with Crippen molar-refractivity contribution in [2.75, 3.05) is 0 Å². The number of azo groups is 1. The summed E-state index contributed by atoms with van der Waals surface area (Å²) in [6.07, 6.45) is 0. The summed E-state index contributed by atoms with van der Waals surface area (Å²) in [5.74, 6) is 0. The van der Waals surface area contributed by atoms with Gasteiger partial charge in [0.05, 0.1) is 17.0 Å². The summed E-state index contributed by atoms with van der Waals surface area (Å²) in [4.78, 5) is 18.0. The van der Waals surface area contributed by atoms with Crippen LogP contribution in [0.25, 0.3) is 27.6 Å². The molecular weight excluding hydrogens is 432 g/mol. The zero-order valence-electron chi connectivity index (χ0n) is 17.2. The highest BCUT2D eigenvalue weighted by atomic mass is 32.1. The summed E-state index contributed by atoms with van der Waals surface area (Å²) in [5, 5.41) is 23.3. The van der Waals surface area contributed by atoms with Crippen molar-refractivity contribution in [3.05, 3.63) is 106 Å². The van der Waals surface area contributed by atoms with Gasteiger partial charge in [-0.1, -0.05) is 72.8 Å². The highest BCUT2D eigenvalue weighted by Crippen LogP contribution is 2.30. The van der Waals surface area contributed by atoms with E-state index in [2.05, 4.69) is 26.4 Å². The van der Waals surface area contributed by atoms with Crippen LogP contribution in [0.4, 0.5) is 11.4 Å². The zero-order valence-corrected chi connectivity index (χ0v) is 18.0. The zero-order chi connectivity index (χ0) is 22.6. The maximum atomic E-state index is 13.4. The molecule has 3 aromatic carbocycles. The van der Waals surface area contributed by atoms with E-state index in [1.165, 1.54) is 16.0 Å². The first-order valence-corrected chi connectivity index (χ1v) is 10.9. The molecule has 0 amide bonds. The van der Waals surface area contributed by atoms with Crippen LogP contribution < -0.4 is 5.56 Å². The molecule has 0 bridgehead atoms. The summed E-state index contributed by atoms with van der Waals surface area (Å²) < 4.78 is 1.38. The Morgan fingerprint density at radius 1 is 0.879 bits per heavy atom. The smallest absolute Gasteiger partial charge is 0.286 e. The number of nitrogens with zero attached hydrogens (tertiary/aromatic N) is 5. The van der Waals surface area contributed by atoms with Gasteiger partial charge in [0.25, 0.3) is 0 Å². The average molecular weight is 449 g/mol. The molecule has 0 aliphatic heterocycles. The molecular formula is C25H16N6OS. The van der Waals surface area contributed by atoms with Gasteiger partial charge < -0.3 is 0 Å². The molecule has 0 atom stereocenters. The number of benzene rings is 3. The SMILES string of the molecule is N#Cc1ccccc1N=Nc1c(-c2ccccc2)[nH]n(-c2nc(-c3ccccc3)cs2)c1=O. The van der Waals surface area contributed by atoms with Crippen molar-refractivity contribution in [1.29, 1.82) is 5.26 Å². The topological polar surface area (TPSA) is 99.2 Å². The minimum atomic E-state index is -0.374. The van der Waals surface area contributed by atoms with E-state index in [0.29, 0.717) is 22.1 Å². The second-order valence-corrected chi connectivity index (χ2v) is 7.89. The van der Waals surface area contributed by atoms with Gasteiger partial charge in [0, 0.05) is 16.5 Å². The first kappa shape index (κ1) is 20.3. The van der Waals surface area contributed by atoms with E-state index in [4.69, 9.17) is 0 Å². The molecule has 8 heteroatoms. The number of thiazole rings is 1. The normalized spacial score (nSPS) is 11.0. The first-order chi connectivity index (χ1) is 16.2. The Morgan fingerprint density at radius 2 is 1.55 bits per heavy atom. The van der Waals surface area contributed by atoms with E-state index in [1.54, 1.807) is 24.3 Å². The van der Waals surface area contributed by atoms with Crippen molar-refractivity contribution in [2.24, 2.45) is 10.2 Å². The van der Waals surface area contributed by atoms with Gasteiger partial charge in [-0.15, -0.1) is 21.6 Å². The number of aromatic nitrogens is 3. The van der Waals surface area contributed by atoms with Gasteiger partial charge in [0.2, 0.25) is 5.13 Å². The van der Waals surface area contributed by atoms with E-state index in [0.717, 1.165) is 16.8 Å². The minimum Gasteiger partial charge on any atom is -0.286 e. The molecule has 0 saturated carbocycles. The molecule has 33 heavy (non-hydrogen) atoms. The summed E-state index contributed by atoms with van der Waals surface area (Å²) in [6, 6.07) is 28.2. The largest absolute Gasteiger partial charge is 0.301 e. The van der Waals surface area contributed by atoms with Crippen LogP contribution >= 0.6 is 11.3 Å². The van der Waals surface area contributed by atoms with Crippen LogP contribution in [-0.2, 0) is 0 Å². The lowest BCUT2D eigenvalue weighted by molar-refractivity contribution is 0.843. The summed E-state index contributed by atoms with van der Waals surface area (Å²) in [7, 11) is 0. The summed E-state index contributed by atoms with van der Waals surface area (Å²) >= 11 is 1.35. The van der Waals surface area contributed by atoms with Gasteiger partial charge in [0.15, 0.2) is 5.69 Å². The fourth-order valence-electron chi connectivity index (χ4n) is 3.33. The number of H-pyrrole nitrogens is 1. The quantitative estimate of drug-likeness (QED) is 0.322. The number of nitrogens with one attached hydrogen (secondary N) is 1. The third-order valence-corrected chi connectivity index (χ3v) is 5.79. The number of aromatic amines is 1. The highest BCUT2D eigenvalue weighted by molar-refractivity contribution is 7.12. The van der Waals surface area contributed by atoms with Crippen LogP contribution in [-0.4, -0.2) is 14.8 Å². The van der Waals surface area contributed by atoms with Crippen LogP contribution in [0, 0.1) is 11.3 Å². The molecule has 2 aromatic heterocycles. The van der Waals surface area contributed by atoms with Crippen LogP contribution in [0.5, 0.6) is 0 Å². The van der Waals surface area contributed by atoms with Gasteiger partial charge in [-0.3, -0.25) is 9.89 Å². The van der Waals surface area contributed by atoms with E-state index in [-0.39, 0.29) is 11.2 Å². The molecule has 158 valence electrons. The summed E-state index contributed by atoms with van der Waals surface area (Å²) in [5.41, 5.74) is 3.61. The molecule has 0 radical (unpaired) electrons. The maximum absolute atomic E-state index is 13.4. The lowest BCUT2D eigenvalue weighted by atomic mass is 10.1. The Bertz CT molecular complexity index is 1540. The fraction of sp³-hybridized carbons (Fsp3) is 0. The monoisotopic (exact) mass is 448 g/mol. The molecule has 5 rings (SSSR count). The van der Waals surface area contributed by atoms with Crippen LogP contribution in [0.15, 0.2) is 105 Å². The van der Waals surface area contributed by atoms with Crippen molar-refractivity contribution < 1.29 is 0 Å². The number of hydrogen-bond donors (Lipinski definition) is 1. The molecule has 0 unspecified atom stereocenters. The minimum absolute atomic E-state index is 0.144. The Kier molecular flexibility index (Phi) is 5.45. The number of hydrogen-bond acceptors (Lipinski definition) is 6. The van der Waals surface area contributed by atoms with Crippen molar-refractivity contribution in [3.63, 3.8) is 0 Å². The molecule has 0 saturated heterocycles. The van der Waals surface area contributed by atoms with Crippen molar-refractivity contribution in [1.82, 2.24) is 14.8 Å². The van der Waals surface area contributed by atoms with Crippen LogP contribution in [0.1, 0.15) is 5.56 Å². The fourth-order valence-corrected chi connectivity index (χ4v) is 4.12. The maximum Gasteiger partial charge on any atom is 0.301 e. The molecule has 7 nitrogen and oxygen atoms in total. The molecule has 2 heterocycles.